The van der Waals surface area contributed by atoms with Gasteiger partial charge in [0.15, 0.2) is 5.78 Å². The maximum absolute atomic E-state index is 12.9. The Morgan fingerprint density at radius 3 is 2.48 bits per heavy atom. The number of fused-ring (bicyclic) bond motifs is 5. The Morgan fingerprint density at radius 2 is 1.74 bits per heavy atom. The van der Waals surface area contributed by atoms with E-state index in [4.69, 9.17) is 0 Å². The number of hydrogen-bond acceptors (Lipinski definition) is 4. The van der Waals surface area contributed by atoms with Gasteiger partial charge in [0.1, 0.15) is 5.60 Å². The third-order valence-electron chi connectivity index (χ3n) is 8.56. The Labute approximate surface area is 138 Å². The summed E-state index contributed by atoms with van der Waals surface area (Å²) in [5, 5.41) is 31.7. The van der Waals surface area contributed by atoms with Gasteiger partial charge >= 0.3 is 0 Å². The van der Waals surface area contributed by atoms with Crippen molar-refractivity contribution in [3.8, 4) is 0 Å². The van der Waals surface area contributed by atoms with Crippen LogP contribution in [-0.4, -0.2) is 38.9 Å². The first kappa shape index (κ1) is 16.0. The minimum atomic E-state index is -1.35. The van der Waals surface area contributed by atoms with Crippen molar-refractivity contribution in [3.63, 3.8) is 0 Å². The van der Waals surface area contributed by atoms with Crippen LogP contribution >= 0.6 is 0 Å². The monoisotopic (exact) mass is 322 g/mol. The Hall–Kier alpha value is -0.450. The number of hydrogen-bond donors (Lipinski definition) is 3. The molecule has 4 aliphatic rings. The van der Waals surface area contributed by atoms with Crippen molar-refractivity contribution in [3.05, 3.63) is 0 Å². The summed E-state index contributed by atoms with van der Waals surface area (Å²) < 4.78 is 0. The fraction of sp³-hybridized carbons (Fsp3) is 0.947. The Balaban J connectivity index is 1.73. The molecular formula is C19H30O4. The Bertz CT molecular complexity index is 533. The molecule has 4 aliphatic carbocycles. The first-order valence-electron chi connectivity index (χ1n) is 9.34. The molecule has 0 unspecified atom stereocenters. The van der Waals surface area contributed by atoms with Gasteiger partial charge in [-0.1, -0.05) is 13.8 Å². The van der Waals surface area contributed by atoms with Crippen molar-refractivity contribution in [2.45, 2.75) is 83.0 Å². The third kappa shape index (κ3) is 1.86. The summed E-state index contributed by atoms with van der Waals surface area (Å²) in [4.78, 5) is 12.9. The molecular weight excluding hydrogens is 292 g/mol. The van der Waals surface area contributed by atoms with E-state index in [0.717, 1.165) is 32.1 Å². The van der Waals surface area contributed by atoms with Crippen LogP contribution in [0.3, 0.4) is 0 Å². The second kappa shape index (κ2) is 4.80. The van der Waals surface area contributed by atoms with Crippen LogP contribution in [0.5, 0.6) is 0 Å². The van der Waals surface area contributed by atoms with E-state index >= 15 is 0 Å². The SMILES string of the molecule is C[C@]12CC[C@H]3[C@@H](CC(=O)[C@@]4(O)C[C@@H](O)CC[C@]34C)[C@@H]1CC[C@@H]2O. The average molecular weight is 322 g/mol. The summed E-state index contributed by atoms with van der Waals surface area (Å²) >= 11 is 0. The van der Waals surface area contributed by atoms with E-state index in [1.165, 1.54) is 0 Å². The molecule has 0 aliphatic heterocycles. The number of aliphatic hydroxyl groups excluding tert-OH is 2. The lowest BCUT2D eigenvalue weighted by atomic mass is 9.43. The second-order valence-corrected chi connectivity index (χ2v) is 9.32. The molecule has 130 valence electrons. The van der Waals surface area contributed by atoms with E-state index in [-0.39, 0.29) is 23.7 Å². The van der Waals surface area contributed by atoms with Gasteiger partial charge in [0.25, 0.3) is 0 Å². The molecule has 0 saturated heterocycles. The van der Waals surface area contributed by atoms with E-state index in [2.05, 4.69) is 13.8 Å². The standard InChI is InChI=1S/C19H30O4/c1-17-7-6-14-12(13(17)3-4-15(17)21)9-16(22)19(23)10-11(20)5-8-18(14,19)2/h11-15,20-21,23H,3-10H2,1-2H3/t11-,12-,13-,14-,15-,17-,18+,19-/m0/s1. The highest BCUT2D eigenvalue weighted by Gasteiger charge is 2.67. The molecule has 0 aromatic carbocycles. The first-order valence-corrected chi connectivity index (χ1v) is 9.34. The molecule has 4 nitrogen and oxygen atoms in total. The fourth-order valence-electron chi connectivity index (χ4n) is 6.99. The van der Waals surface area contributed by atoms with Gasteiger partial charge in [-0.25, -0.2) is 0 Å². The molecule has 4 saturated carbocycles. The smallest absolute Gasteiger partial charge is 0.165 e. The Morgan fingerprint density at radius 1 is 1.00 bits per heavy atom. The van der Waals surface area contributed by atoms with Crippen LogP contribution in [0.2, 0.25) is 0 Å². The van der Waals surface area contributed by atoms with Gasteiger partial charge in [-0.2, -0.15) is 0 Å². The van der Waals surface area contributed by atoms with Crippen LogP contribution in [0, 0.1) is 28.6 Å². The lowest BCUT2D eigenvalue weighted by molar-refractivity contribution is -0.214. The van der Waals surface area contributed by atoms with Crippen LogP contribution in [0.15, 0.2) is 0 Å². The second-order valence-electron chi connectivity index (χ2n) is 9.32. The molecule has 0 spiro atoms. The van der Waals surface area contributed by atoms with E-state index < -0.39 is 17.1 Å². The molecule has 8 atom stereocenters. The van der Waals surface area contributed by atoms with Crippen LogP contribution in [0.25, 0.3) is 0 Å². The summed E-state index contributed by atoms with van der Waals surface area (Å²) in [5.41, 5.74) is -1.82. The van der Waals surface area contributed by atoms with Gasteiger partial charge in [-0.05, 0) is 61.7 Å². The molecule has 0 aromatic heterocycles. The minimum absolute atomic E-state index is 0.0541. The zero-order chi connectivity index (χ0) is 16.6. The summed E-state index contributed by atoms with van der Waals surface area (Å²) in [7, 11) is 0. The fourth-order valence-corrected chi connectivity index (χ4v) is 6.99. The predicted molar refractivity (Wildman–Crippen MR) is 85.6 cm³/mol. The quantitative estimate of drug-likeness (QED) is 0.638. The number of Topliss-reactive ketones (excluding diaryl/α,β-unsaturated/α-hetero) is 1. The summed E-state index contributed by atoms with van der Waals surface area (Å²) in [6.07, 6.45) is 5.05. The molecule has 3 N–H and O–H groups in total. The summed E-state index contributed by atoms with van der Waals surface area (Å²) in [6.45, 7) is 4.28. The van der Waals surface area contributed by atoms with Gasteiger partial charge in [0.05, 0.1) is 12.2 Å². The molecule has 0 bridgehead atoms. The molecule has 23 heavy (non-hydrogen) atoms. The Kier molecular flexibility index (Phi) is 3.35. The highest BCUT2D eigenvalue weighted by atomic mass is 16.3. The zero-order valence-corrected chi connectivity index (χ0v) is 14.3. The van der Waals surface area contributed by atoms with Gasteiger partial charge in [0.2, 0.25) is 0 Å². The maximum Gasteiger partial charge on any atom is 0.165 e. The van der Waals surface area contributed by atoms with Crippen LogP contribution in [0.4, 0.5) is 0 Å². The van der Waals surface area contributed by atoms with E-state index in [9.17, 15) is 20.1 Å². The van der Waals surface area contributed by atoms with Crippen LogP contribution in [-0.2, 0) is 4.79 Å². The van der Waals surface area contributed by atoms with E-state index in [1.54, 1.807) is 0 Å². The highest BCUT2D eigenvalue weighted by Crippen LogP contribution is 2.66. The normalized spacial score (nSPS) is 59.2. The molecule has 4 heteroatoms. The largest absolute Gasteiger partial charge is 0.393 e. The molecule has 0 radical (unpaired) electrons. The topological polar surface area (TPSA) is 77.8 Å². The highest BCUT2D eigenvalue weighted by molar-refractivity contribution is 5.89. The number of carbonyl (C=O) groups excluding carboxylic acids is 1. The van der Waals surface area contributed by atoms with Gasteiger partial charge in [-0.15, -0.1) is 0 Å². The predicted octanol–water partition coefficient (Wildman–Crippen LogP) is 2.04. The molecule has 0 heterocycles. The zero-order valence-electron chi connectivity index (χ0n) is 14.3. The maximum atomic E-state index is 12.9. The number of aliphatic hydroxyl groups is 3. The molecule has 0 aromatic rings. The lowest BCUT2D eigenvalue weighted by Crippen LogP contribution is -2.67. The van der Waals surface area contributed by atoms with Crippen molar-refractivity contribution in [2.24, 2.45) is 28.6 Å². The number of rotatable bonds is 0. The number of carbonyl (C=O) groups is 1. The van der Waals surface area contributed by atoms with Crippen molar-refractivity contribution in [1.29, 1.82) is 0 Å². The van der Waals surface area contributed by atoms with Gasteiger partial charge in [-0.3, -0.25) is 4.79 Å². The first-order chi connectivity index (χ1) is 10.7. The lowest BCUT2D eigenvalue weighted by Gasteiger charge is -2.62. The molecule has 4 rings (SSSR count). The third-order valence-corrected chi connectivity index (χ3v) is 8.56. The minimum Gasteiger partial charge on any atom is -0.393 e. The van der Waals surface area contributed by atoms with Crippen LogP contribution in [0.1, 0.15) is 65.2 Å². The average Bonchev–Trinajstić information content (AvgIpc) is 2.79. The summed E-state index contributed by atoms with van der Waals surface area (Å²) in [6, 6.07) is 0. The molecule has 4 fully saturated rings. The van der Waals surface area contributed by atoms with Crippen molar-refractivity contribution in [2.75, 3.05) is 0 Å². The number of ketones is 1. The van der Waals surface area contributed by atoms with Gasteiger partial charge < -0.3 is 15.3 Å². The van der Waals surface area contributed by atoms with E-state index in [0.29, 0.717) is 30.6 Å². The van der Waals surface area contributed by atoms with Crippen molar-refractivity contribution < 1.29 is 20.1 Å². The van der Waals surface area contributed by atoms with E-state index in [1.807, 2.05) is 0 Å². The van der Waals surface area contributed by atoms with Crippen molar-refractivity contribution in [1.82, 2.24) is 0 Å². The summed E-state index contributed by atoms with van der Waals surface area (Å²) in [5.74, 6) is 0.957. The molecule has 0 amide bonds. The van der Waals surface area contributed by atoms with Gasteiger partial charge in [0, 0.05) is 18.3 Å². The van der Waals surface area contributed by atoms with Crippen molar-refractivity contribution >= 4 is 5.78 Å². The van der Waals surface area contributed by atoms with Crippen LogP contribution < -0.4 is 0 Å².